The van der Waals surface area contributed by atoms with Crippen LogP contribution in [0.25, 0.3) is 0 Å². The maximum Gasteiger partial charge on any atom is 0.237 e. The summed E-state index contributed by atoms with van der Waals surface area (Å²) in [5, 5.41) is 10.7. The lowest BCUT2D eigenvalue weighted by atomic mass is 10.3. The average Bonchev–Trinajstić information content (AvgIpc) is 2.95. The van der Waals surface area contributed by atoms with Crippen molar-refractivity contribution in [2.24, 2.45) is 5.92 Å². The molecule has 0 aliphatic carbocycles. The molecule has 23 heavy (non-hydrogen) atoms. The number of carbonyl (C=O) groups is 1. The van der Waals surface area contributed by atoms with Crippen LogP contribution in [0.4, 0.5) is 10.1 Å². The van der Waals surface area contributed by atoms with Crippen LogP contribution in [0.3, 0.4) is 0 Å². The number of aromatic nitrogens is 2. The van der Waals surface area contributed by atoms with Gasteiger partial charge in [-0.25, -0.2) is 4.39 Å². The van der Waals surface area contributed by atoms with Crippen molar-refractivity contribution in [2.45, 2.75) is 34.7 Å². The van der Waals surface area contributed by atoms with Crippen molar-refractivity contribution in [2.75, 3.05) is 11.1 Å². The molecule has 1 N–H and O–H groups in total. The quantitative estimate of drug-likeness (QED) is 0.724. The van der Waals surface area contributed by atoms with Gasteiger partial charge in [0.15, 0.2) is 8.68 Å². The van der Waals surface area contributed by atoms with Crippen molar-refractivity contribution in [1.29, 1.82) is 0 Å². The van der Waals surface area contributed by atoms with Crippen molar-refractivity contribution >= 4 is 46.5 Å². The Morgan fingerprint density at radius 2 is 1.87 bits per heavy atom. The second kappa shape index (κ2) is 8.65. The summed E-state index contributed by atoms with van der Waals surface area (Å²) in [5.74, 6) is 1.12. The molecule has 0 radical (unpaired) electrons. The normalized spacial score (nSPS) is 12.4. The lowest BCUT2D eigenvalue weighted by Gasteiger charge is -2.10. The van der Waals surface area contributed by atoms with Crippen LogP contribution in [0.2, 0.25) is 0 Å². The van der Waals surface area contributed by atoms with Gasteiger partial charge in [-0.3, -0.25) is 4.79 Å². The van der Waals surface area contributed by atoms with Gasteiger partial charge in [-0.15, -0.1) is 10.2 Å². The molecule has 1 atom stereocenters. The molecular weight excluding hydrogens is 353 g/mol. The molecule has 1 unspecified atom stereocenters. The highest BCUT2D eigenvalue weighted by Crippen LogP contribution is 2.32. The molecule has 0 aliphatic heterocycles. The van der Waals surface area contributed by atoms with Gasteiger partial charge in [0.1, 0.15) is 5.82 Å². The number of thioether (sulfide) groups is 2. The van der Waals surface area contributed by atoms with E-state index in [2.05, 4.69) is 29.4 Å². The third-order valence-corrected chi connectivity index (χ3v) is 6.35. The molecule has 0 fully saturated rings. The highest BCUT2D eigenvalue weighted by Gasteiger charge is 2.17. The van der Waals surface area contributed by atoms with Gasteiger partial charge in [0, 0.05) is 11.4 Å². The summed E-state index contributed by atoms with van der Waals surface area (Å²) in [6.07, 6.45) is 0. The van der Waals surface area contributed by atoms with Crippen LogP contribution >= 0.6 is 34.9 Å². The molecule has 0 saturated carbocycles. The van der Waals surface area contributed by atoms with Gasteiger partial charge in [-0.05, 0) is 37.1 Å². The van der Waals surface area contributed by atoms with Crippen molar-refractivity contribution in [3.63, 3.8) is 0 Å². The minimum Gasteiger partial charge on any atom is -0.325 e. The number of amides is 1. The monoisotopic (exact) mass is 371 g/mol. The largest absolute Gasteiger partial charge is 0.325 e. The minimum absolute atomic E-state index is 0.145. The Balaban J connectivity index is 1.86. The molecule has 4 nitrogen and oxygen atoms in total. The van der Waals surface area contributed by atoms with Crippen molar-refractivity contribution in [3.05, 3.63) is 30.1 Å². The molecule has 0 saturated heterocycles. The Labute approximate surface area is 147 Å². The fraction of sp³-hybridized carbons (Fsp3) is 0.400. The van der Waals surface area contributed by atoms with Gasteiger partial charge in [0.05, 0.1) is 5.25 Å². The first-order valence-electron chi connectivity index (χ1n) is 7.13. The summed E-state index contributed by atoms with van der Waals surface area (Å²) >= 11 is 4.56. The third kappa shape index (κ3) is 6.12. The first-order valence-corrected chi connectivity index (χ1v) is 9.81. The van der Waals surface area contributed by atoms with E-state index in [1.807, 2.05) is 6.92 Å². The van der Waals surface area contributed by atoms with Gasteiger partial charge < -0.3 is 5.32 Å². The highest BCUT2D eigenvalue weighted by molar-refractivity contribution is 8.03. The smallest absolute Gasteiger partial charge is 0.237 e. The van der Waals surface area contributed by atoms with Crippen LogP contribution < -0.4 is 5.32 Å². The zero-order valence-electron chi connectivity index (χ0n) is 13.1. The third-order valence-electron chi connectivity index (χ3n) is 2.69. The number of carbonyl (C=O) groups excluding carboxylic acids is 1. The zero-order chi connectivity index (χ0) is 16.8. The number of hydrogen-bond acceptors (Lipinski definition) is 6. The Bertz CT molecular complexity index is 646. The predicted molar refractivity (Wildman–Crippen MR) is 95.8 cm³/mol. The van der Waals surface area contributed by atoms with Crippen LogP contribution in [0, 0.1) is 11.7 Å². The van der Waals surface area contributed by atoms with E-state index in [-0.39, 0.29) is 17.0 Å². The number of anilines is 1. The van der Waals surface area contributed by atoms with E-state index in [1.165, 1.54) is 47.4 Å². The van der Waals surface area contributed by atoms with Crippen molar-refractivity contribution < 1.29 is 9.18 Å². The standard InChI is InChI=1S/C15H18FN3OS3/c1-9(2)8-21-14-18-19-15(23-14)22-10(3)13(20)17-12-6-4-11(16)5-7-12/h4-7,9-10H,8H2,1-3H3,(H,17,20). The molecule has 2 aromatic rings. The lowest BCUT2D eigenvalue weighted by molar-refractivity contribution is -0.115. The average molecular weight is 372 g/mol. The molecular formula is C15H18FN3OS3. The Morgan fingerprint density at radius 3 is 2.52 bits per heavy atom. The van der Waals surface area contributed by atoms with Crippen LogP contribution in [-0.4, -0.2) is 27.1 Å². The second-order valence-corrected chi connectivity index (χ2v) is 9.13. The summed E-state index contributed by atoms with van der Waals surface area (Å²) in [6.45, 7) is 6.13. The fourth-order valence-corrected chi connectivity index (χ4v) is 4.66. The van der Waals surface area contributed by atoms with Gasteiger partial charge >= 0.3 is 0 Å². The maximum absolute atomic E-state index is 12.9. The molecule has 124 valence electrons. The van der Waals surface area contributed by atoms with Crippen LogP contribution in [0.5, 0.6) is 0 Å². The second-order valence-electron chi connectivity index (χ2n) is 5.29. The minimum atomic E-state index is -0.328. The van der Waals surface area contributed by atoms with Gasteiger partial charge in [0.2, 0.25) is 5.91 Å². The number of nitrogens with one attached hydrogen (secondary N) is 1. The molecule has 0 bridgehead atoms. The first-order chi connectivity index (χ1) is 10.9. The number of rotatable bonds is 7. The maximum atomic E-state index is 12.9. The summed E-state index contributed by atoms with van der Waals surface area (Å²) < 4.78 is 14.6. The van der Waals surface area contributed by atoms with Crippen LogP contribution in [0.1, 0.15) is 20.8 Å². The first kappa shape index (κ1) is 18.2. The van der Waals surface area contributed by atoms with Crippen molar-refractivity contribution in [1.82, 2.24) is 10.2 Å². The van der Waals surface area contributed by atoms with E-state index in [9.17, 15) is 9.18 Å². The summed E-state index contributed by atoms with van der Waals surface area (Å²) in [7, 11) is 0. The fourth-order valence-electron chi connectivity index (χ4n) is 1.52. The Hall–Kier alpha value is -1.12. The topological polar surface area (TPSA) is 54.9 Å². The predicted octanol–water partition coefficient (Wildman–Crippen LogP) is 4.54. The lowest BCUT2D eigenvalue weighted by Crippen LogP contribution is -2.22. The SMILES string of the molecule is CC(C)CSc1nnc(SC(C)C(=O)Nc2ccc(F)cc2)s1. The molecule has 0 spiro atoms. The van der Waals surface area contributed by atoms with Gasteiger partial charge in [-0.1, -0.05) is 48.7 Å². The van der Waals surface area contributed by atoms with E-state index >= 15 is 0 Å². The summed E-state index contributed by atoms with van der Waals surface area (Å²) in [4.78, 5) is 12.1. The van der Waals surface area contributed by atoms with E-state index in [0.29, 0.717) is 11.6 Å². The molecule has 1 aromatic carbocycles. The molecule has 2 rings (SSSR count). The van der Waals surface area contributed by atoms with Crippen LogP contribution in [0.15, 0.2) is 32.9 Å². The summed E-state index contributed by atoms with van der Waals surface area (Å²) in [5.41, 5.74) is 0.578. The van der Waals surface area contributed by atoms with E-state index in [1.54, 1.807) is 11.8 Å². The molecule has 0 aliphatic rings. The van der Waals surface area contributed by atoms with Gasteiger partial charge in [-0.2, -0.15) is 0 Å². The number of nitrogens with zero attached hydrogens (tertiary/aromatic N) is 2. The van der Waals surface area contributed by atoms with Crippen molar-refractivity contribution in [3.8, 4) is 0 Å². The Morgan fingerprint density at radius 1 is 1.22 bits per heavy atom. The number of benzene rings is 1. The van der Waals surface area contributed by atoms with E-state index in [0.717, 1.165) is 14.4 Å². The number of halogens is 1. The molecule has 1 heterocycles. The molecule has 1 aromatic heterocycles. The van der Waals surface area contributed by atoms with E-state index < -0.39 is 0 Å². The zero-order valence-corrected chi connectivity index (χ0v) is 15.5. The van der Waals surface area contributed by atoms with E-state index in [4.69, 9.17) is 0 Å². The molecule has 8 heteroatoms. The van der Waals surface area contributed by atoms with Gasteiger partial charge in [0.25, 0.3) is 0 Å². The number of hydrogen-bond donors (Lipinski definition) is 1. The van der Waals surface area contributed by atoms with Crippen LogP contribution in [-0.2, 0) is 4.79 Å². The Kier molecular flexibility index (Phi) is 6.86. The molecule has 1 amide bonds. The highest BCUT2D eigenvalue weighted by atomic mass is 32.2. The summed E-state index contributed by atoms with van der Waals surface area (Å²) in [6, 6.07) is 5.71.